The molecule has 0 aromatic heterocycles. The Labute approximate surface area is 124 Å². The van der Waals surface area contributed by atoms with Crippen molar-refractivity contribution >= 4 is 11.7 Å². The monoisotopic (exact) mass is 305 g/mol. The molecule has 4 nitrogen and oxygen atoms in total. The van der Waals surface area contributed by atoms with E-state index in [9.17, 15) is 18.0 Å². The van der Waals surface area contributed by atoms with Crippen molar-refractivity contribution in [1.29, 1.82) is 5.26 Å². The van der Waals surface area contributed by atoms with Gasteiger partial charge in [0.2, 0.25) is 0 Å². The average Bonchev–Trinajstić information content (AvgIpc) is 2.46. The highest BCUT2D eigenvalue weighted by atomic mass is 19.4. The Morgan fingerprint density at radius 3 is 2.18 bits per heavy atom. The third-order valence-electron chi connectivity index (χ3n) is 2.94. The van der Waals surface area contributed by atoms with Gasteiger partial charge in [-0.25, -0.2) is 4.79 Å². The number of carbonyl (C=O) groups is 1. The van der Waals surface area contributed by atoms with Crippen LogP contribution in [-0.4, -0.2) is 6.03 Å². The van der Waals surface area contributed by atoms with Gasteiger partial charge in [-0.15, -0.1) is 0 Å². The minimum atomic E-state index is -4.40. The summed E-state index contributed by atoms with van der Waals surface area (Å²) in [6.07, 6.45) is -4.40. The van der Waals surface area contributed by atoms with Crippen molar-refractivity contribution in [3.63, 3.8) is 0 Å². The van der Waals surface area contributed by atoms with Crippen LogP contribution in [0, 0.1) is 11.3 Å². The Hall–Kier alpha value is -3.01. The summed E-state index contributed by atoms with van der Waals surface area (Å²) in [6.45, 7) is 0. The molecule has 22 heavy (non-hydrogen) atoms. The highest BCUT2D eigenvalue weighted by molar-refractivity contribution is 5.90. The number of carbonyl (C=O) groups excluding carboxylic acids is 1. The van der Waals surface area contributed by atoms with Gasteiger partial charge >= 0.3 is 12.2 Å². The lowest BCUT2D eigenvalue weighted by Gasteiger charge is -2.09. The number of rotatable bonds is 2. The van der Waals surface area contributed by atoms with Crippen molar-refractivity contribution in [2.45, 2.75) is 6.18 Å². The zero-order valence-corrected chi connectivity index (χ0v) is 11.1. The van der Waals surface area contributed by atoms with E-state index in [1.807, 2.05) is 6.07 Å². The van der Waals surface area contributed by atoms with Crippen molar-refractivity contribution < 1.29 is 18.0 Å². The molecule has 0 atom stereocenters. The molecule has 0 spiro atoms. The first-order valence-electron chi connectivity index (χ1n) is 6.09. The van der Waals surface area contributed by atoms with Crippen molar-refractivity contribution in [3.05, 3.63) is 53.6 Å². The van der Waals surface area contributed by atoms with E-state index in [4.69, 9.17) is 11.0 Å². The largest absolute Gasteiger partial charge is 0.416 e. The van der Waals surface area contributed by atoms with Crippen LogP contribution in [0.4, 0.5) is 23.7 Å². The van der Waals surface area contributed by atoms with Crippen LogP contribution in [0.15, 0.2) is 42.5 Å². The summed E-state index contributed by atoms with van der Waals surface area (Å²) in [7, 11) is 0. The summed E-state index contributed by atoms with van der Waals surface area (Å²) in [4.78, 5) is 10.8. The maximum atomic E-state index is 12.5. The lowest BCUT2D eigenvalue weighted by Crippen LogP contribution is -2.19. The maximum Gasteiger partial charge on any atom is 0.416 e. The highest BCUT2D eigenvalue weighted by Gasteiger charge is 2.29. The predicted octanol–water partition coefficient (Wildman–Crippen LogP) is 3.73. The number of halogens is 3. The zero-order chi connectivity index (χ0) is 16.3. The van der Waals surface area contributed by atoms with Gasteiger partial charge in [0.25, 0.3) is 0 Å². The summed E-state index contributed by atoms with van der Waals surface area (Å²) in [5.74, 6) is 0. The first-order valence-corrected chi connectivity index (χ1v) is 6.09. The molecule has 0 radical (unpaired) electrons. The minimum Gasteiger partial charge on any atom is -0.351 e. The van der Waals surface area contributed by atoms with Crippen molar-refractivity contribution in [2.24, 2.45) is 5.73 Å². The molecule has 0 heterocycles. The van der Waals surface area contributed by atoms with E-state index in [2.05, 4.69) is 5.32 Å². The van der Waals surface area contributed by atoms with E-state index < -0.39 is 17.8 Å². The van der Waals surface area contributed by atoms with Gasteiger partial charge in [0.05, 0.1) is 16.8 Å². The average molecular weight is 305 g/mol. The summed E-state index contributed by atoms with van der Waals surface area (Å²) in [5, 5.41) is 11.4. The van der Waals surface area contributed by atoms with Crippen LogP contribution < -0.4 is 11.1 Å². The topological polar surface area (TPSA) is 78.9 Å². The molecule has 0 aliphatic carbocycles. The van der Waals surface area contributed by atoms with Gasteiger partial charge in [-0.1, -0.05) is 18.2 Å². The van der Waals surface area contributed by atoms with Gasteiger partial charge in [0.15, 0.2) is 0 Å². The van der Waals surface area contributed by atoms with Gasteiger partial charge in [0.1, 0.15) is 6.07 Å². The Morgan fingerprint density at radius 1 is 1.09 bits per heavy atom. The van der Waals surface area contributed by atoms with Crippen LogP contribution in [0.2, 0.25) is 0 Å². The Kier molecular flexibility index (Phi) is 4.04. The number of primary amides is 1. The number of hydrogen-bond donors (Lipinski definition) is 2. The molecule has 0 unspecified atom stereocenters. The zero-order valence-electron chi connectivity index (χ0n) is 11.1. The van der Waals surface area contributed by atoms with Gasteiger partial charge in [-0.05, 0) is 35.4 Å². The number of urea groups is 1. The lowest BCUT2D eigenvalue weighted by atomic mass is 10.0. The van der Waals surface area contributed by atoms with E-state index in [-0.39, 0.29) is 11.3 Å². The number of benzene rings is 2. The second-order valence-electron chi connectivity index (χ2n) is 4.44. The Balaban J connectivity index is 2.37. The van der Waals surface area contributed by atoms with Gasteiger partial charge in [0, 0.05) is 0 Å². The normalized spacial score (nSPS) is 10.8. The van der Waals surface area contributed by atoms with Crippen LogP contribution in [0.5, 0.6) is 0 Å². The van der Waals surface area contributed by atoms with E-state index in [0.29, 0.717) is 11.1 Å². The summed E-state index contributed by atoms with van der Waals surface area (Å²) in [6, 6.07) is 10.2. The molecule has 7 heteroatoms. The number of nitrogens with zero attached hydrogens (tertiary/aromatic N) is 1. The van der Waals surface area contributed by atoms with Crippen molar-refractivity contribution in [1.82, 2.24) is 0 Å². The first-order chi connectivity index (χ1) is 10.3. The highest BCUT2D eigenvalue weighted by Crippen LogP contribution is 2.31. The van der Waals surface area contributed by atoms with Crippen molar-refractivity contribution in [3.8, 4) is 17.2 Å². The molecule has 2 amide bonds. The molecule has 0 fully saturated rings. The summed E-state index contributed by atoms with van der Waals surface area (Å²) >= 11 is 0. The summed E-state index contributed by atoms with van der Waals surface area (Å²) in [5.41, 5.74) is 5.73. The minimum absolute atomic E-state index is 0.163. The molecule has 112 valence electrons. The van der Waals surface area contributed by atoms with Crippen LogP contribution in [0.25, 0.3) is 11.1 Å². The van der Waals surface area contributed by atoms with E-state index in [1.54, 1.807) is 6.07 Å². The number of nitrogens with one attached hydrogen (secondary N) is 1. The van der Waals surface area contributed by atoms with Gasteiger partial charge in [-0.3, -0.25) is 0 Å². The summed E-state index contributed by atoms with van der Waals surface area (Å²) < 4.78 is 37.6. The number of nitrogens with two attached hydrogens (primary N) is 1. The Morgan fingerprint density at radius 2 is 1.68 bits per heavy atom. The van der Waals surface area contributed by atoms with Crippen molar-refractivity contribution in [2.75, 3.05) is 5.32 Å². The molecular weight excluding hydrogens is 295 g/mol. The number of alkyl halides is 3. The molecule has 3 N–H and O–H groups in total. The van der Waals surface area contributed by atoms with Gasteiger partial charge in [-0.2, -0.15) is 18.4 Å². The third kappa shape index (κ3) is 3.35. The molecule has 2 rings (SSSR count). The van der Waals surface area contributed by atoms with Crippen LogP contribution in [0.1, 0.15) is 11.1 Å². The molecule has 0 saturated heterocycles. The fourth-order valence-electron chi connectivity index (χ4n) is 1.91. The molecule has 0 bridgehead atoms. The van der Waals surface area contributed by atoms with Crippen LogP contribution >= 0.6 is 0 Å². The SMILES string of the molecule is N#Cc1cc(-c2ccc(C(F)(F)F)cc2)ccc1NC(N)=O. The number of amides is 2. The smallest absolute Gasteiger partial charge is 0.351 e. The number of anilines is 1. The molecule has 2 aromatic rings. The standard InChI is InChI=1S/C15H10F3N3O/c16-15(17,18)12-4-1-9(2-5-12)10-3-6-13(21-14(20)22)11(7-10)8-19/h1-7H,(H3,20,21,22). The van der Waals surface area contributed by atoms with E-state index in [1.165, 1.54) is 24.3 Å². The second-order valence-corrected chi connectivity index (χ2v) is 4.44. The number of hydrogen-bond acceptors (Lipinski definition) is 2. The molecule has 0 aliphatic rings. The quantitative estimate of drug-likeness (QED) is 0.886. The van der Waals surface area contributed by atoms with Gasteiger partial charge < -0.3 is 11.1 Å². The predicted molar refractivity (Wildman–Crippen MR) is 74.8 cm³/mol. The fraction of sp³-hybridized carbons (Fsp3) is 0.0667. The molecular formula is C15H10F3N3O. The first kappa shape index (κ1) is 15.4. The lowest BCUT2D eigenvalue weighted by molar-refractivity contribution is -0.137. The number of nitriles is 1. The maximum absolute atomic E-state index is 12.5. The molecule has 0 aliphatic heterocycles. The fourth-order valence-corrected chi connectivity index (χ4v) is 1.91. The van der Waals surface area contributed by atoms with Crippen LogP contribution in [0.3, 0.4) is 0 Å². The van der Waals surface area contributed by atoms with E-state index >= 15 is 0 Å². The van der Waals surface area contributed by atoms with Crippen LogP contribution in [-0.2, 0) is 6.18 Å². The van der Waals surface area contributed by atoms with E-state index in [0.717, 1.165) is 12.1 Å². The Bertz CT molecular complexity index is 746. The molecule has 2 aromatic carbocycles. The third-order valence-corrected chi connectivity index (χ3v) is 2.94. The second kappa shape index (κ2) is 5.77. The molecule has 0 saturated carbocycles.